The average Bonchev–Trinajstić information content (AvgIpc) is 4.37. The van der Waals surface area contributed by atoms with Crippen molar-refractivity contribution in [2.45, 2.75) is 19.3 Å². The summed E-state index contributed by atoms with van der Waals surface area (Å²) in [6, 6.07) is 84.9. The molecule has 78 heavy (non-hydrogen) atoms. The van der Waals surface area contributed by atoms with Crippen LogP contribution >= 0.6 is 11.3 Å². The zero-order valence-electron chi connectivity index (χ0n) is 42.5. The Balaban J connectivity index is 0.960. The summed E-state index contributed by atoms with van der Waals surface area (Å²) in [6.07, 6.45) is 0. The van der Waals surface area contributed by atoms with Crippen LogP contribution in [0.1, 0.15) is 30.5 Å². The SMILES string of the molecule is [C-]#[N+]c1cc(-n2c3ccc(N(c4ccccc4)c4ccccc4)cc3c3cc4c(cc32)sc2ccccc24)c(C#N)cc1-n1c2ccc(-n3c4ccccc4c4ccccc43)cc2c2cc3c(cc21)C(C)(C)c1ccccc1-3. The van der Waals surface area contributed by atoms with Gasteiger partial charge in [0.25, 0.3) is 0 Å². The van der Waals surface area contributed by atoms with Crippen molar-refractivity contribution in [1.29, 1.82) is 5.26 Å². The van der Waals surface area contributed by atoms with Gasteiger partial charge in [0.2, 0.25) is 5.69 Å². The van der Waals surface area contributed by atoms with Crippen molar-refractivity contribution in [2.75, 3.05) is 4.90 Å². The molecular weight excluding hydrogens is 969 g/mol. The largest absolute Gasteiger partial charge is 0.319 e. The molecule has 0 saturated heterocycles. The first kappa shape index (κ1) is 44.1. The fraction of sp³-hybridized carbons (Fsp3) is 0.0423. The van der Waals surface area contributed by atoms with Gasteiger partial charge in [-0.1, -0.05) is 129 Å². The van der Waals surface area contributed by atoms with Crippen LogP contribution in [-0.4, -0.2) is 13.7 Å². The first-order chi connectivity index (χ1) is 38.4. The molecule has 0 aliphatic heterocycles. The molecule has 0 unspecified atom stereocenters. The number of para-hydroxylation sites is 4. The van der Waals surface area contributed by atoms with E-state index >= 15 is 0 Å². The fourth-order valence-corrected chi connectivity index (χ4v) is 14.3. The molecule has 0 atom stereocenters. The van der Waals surface area contributed by atoms with Gasteiger partial charge in [0.1, 0.15) is 6.07 Å². The summed E-state index contributed by atoms with van der Waals surface area (Å²) in [5.74, 6) is 0. The molecule has 11 aromatic carbocycles. The van der Waals surface area contributed by atoms with E-state index in [-0.39, 0.29) is 5.41 Å². The van der Waals surface area contributed by atoms with Crippen LogP contribution in [0.4, 0.5) is 22.7 Å². The van der Waals surface area contributed by atoms with Gasteiger partial charge in [-0.3, -0.25) is 0 Å². The molecule has 7 heteroatoms. The zero-order valence-corrected chi connectivity index (χ0v) is 43.3. The molecule has 0 bridgehead atoms. The molecule has 0 spiro atoms. The third-order valence-corrected chi connectivity index (χ3v) is 17.8. The van der Waals surface area contributed by atoms with Crippen LogP contribution in [0.5, 0.6) is 0 Å². The monoisotopic (exact) mass is 1010 g/mol. The lowest BCUT2D eigenvalue weighted by atomic mass is 9.82. The molecule has 0 N–H and O–H groups in total. The molecule has 1 aliphatic carbocycles. The van der Waals surface area contributed by atoms with Crippen LogP contribution in [0.3, 0.4) is 0 Å². The van der Waals surface area contributed by atoms with Gasteiger partial charge in [-0.25, -0.2) is 4.85 Å². The lowest BCUT2D eigenvalue weighted by Gasteiger charge is -2.25. The van der Waals surface area contributed by atoms with E-state index in [2.05, 4.69) is 250 Å². The van der Waals surface area contributed by atoms with E-state index in [4.69, 9.17) is 6.57 Å². The van der Waals surface area contributed by atoms with Crippen molar-refractivity contribution in [2.24, 2.45) is 0 Å². The number of nitriles is 1. The Kier molecular flexibility index (Phi) is 9.29. The predicted octanol–water partition coefficient (Wildman–Crippen LogP) is 19.5. The fourth-order valence-electron chi connectivity index (χ4n) is 13.1. The average molecular weight is 1010 g/mol. The number of anilines is 3. The molecule has 15 aromatic rings. The van der Waals surface area contributed by atoms with Gasteiger partial charge in [0, 0.05) is 80.7 Å². The summed E-state index contributed by atoms with van der Waals surface area (Å²) >= 11 is 1.78. The van der Waals surface area contributed by atoms with Gasteiger partial charge < -0.3 is 18.6 Å². The third kappa shape index (κ3) is 6.16. The summed E-state index contributed by atoms with van der Waals surface area (Å²) in [5, 5.41) is 20.7. The van der Waals surface area contributed by atoms with E-state index < -0.39 is 0 Å². The highest BCUT2D eigenvalue weighted by Crippen LogP contribution is 2.52. The lowest BCUT2D eigenvalue weighted by Crippen LogP contribution is -2.15. The van der Waals surface area contributed by atoms with Crippen molar-refractivity contribution in [3.63, 3.8) is 0 Å². The number of rotatable bonds is 6. The quantitative estimate of drug-likeness (QED) is 0.156. The first-order valence-electron chi connectivity index (χ1n) is 26.3. The maximum atomic E-state index is 11.6. The van der Waals surface area contributed by atoms with Crippen molar-refractivity contribution in [3.05, 3.63) is 259 Å². The Morgan fingerprint density at radius 2 is 1.00 bits per heavy atom. The van der Waals surface area contributed by atoms with Crippen LogP contribution in [0.2, 0.25) is 0 Å². The lowest BCUT2D eigenvalue weighted by molar-refractivity contribution is 0.661. The minimum absolute atomic E-state index is 0.269. The van der Waals surface area contributed by atoms with Crippen LogP contribution < -0.4 is 4.90 Å². The van der Waals surface area contributed by atoms with Crippen molar-refractivity contribution >= 4 is 120 Å². The Labute approximate surface area is 453 Å². The Hall–Kier alpha value is -10.2. The highest BCUT2D eigenvalue weighted by atomic mass is 32.1. The maximum absolute atomic E-state index is 11.6. The highest BCUT2D eigenvalue weighted by Gasteiger charge is 2.36. The molecule has 4 heterocycles. The van der Waals surface area contributed by atoms with Crippen LogP contribution in [-0.2, 0) is 5.41 Å². The second kappa shape index (κ2) is 16.4. The highest BCUT2D eigenvalue weighted by molar-refractivity contribution is 7.25. The second-order valence-electron chi connectivity index (χ2n) is 21.1. The zero-order chi connectivity index (χ0) is 52.0. The minimum atomic E-state index is -0.269. The van der Waals surface area contributed by atoms with E-state index in [0.29, 0.717) is 22.6 Å². The Bertz CT molecular complexity index is 5060. The first-order valence-corrected chi connectivity index (χ1v) is 27.1. The van der Waals surface area contributed by atoms with E-state index in [1.54, 1.807) is 11.3 Å². The topological polar surface area (TPSA) is 46.2 Å². The van der Waals surface area contributed by atoms with Crippen LogP contribution in [0.25, 0.3) is 119 Å². The standard InChI is InChI=1S/C71H44N6S/c1-71(2)58-26-14-10-22-48(58)52-37-55-54-36-47(75-61-27-15-11-23-49(61)50-24-12-16-28-62(50)75)31-33-64(54)77(66(55)39-59(52)71)68-34-43(42-72)65(40-60(68)73-3)76-63-32-30-46(74(44-18-6-4-7-19-44)45-20-8-5-9-21-45)35-53(63)56-38-57-51-25-13-17-29-69(51)78-70(57)41-67(56)76/h4-41H,1-2H3. The Morgan fingerprint density at radius 1 is 0.423 bits per heavy atom. The number of hydrogen-bond donors (Lipinski definition) is 0. The van der Waals surface area contributed by atoms with E-state index in [1.807, 2.05) is 24.3 Å². The van der Waals surface area contributed by atoms with Gasteiger partial charge in [0.15, 0.2) is 0 Å². The molecule has 4 aromatic heterocycles. The molecule has 0 radical (unpaired) electrons. The van der Waals surface area contributed by atoms with Gasteiger partial charge in [-0.2, -0.15) is 5.26 Å². The van der Waals surface area contributed by atoms with Crippen molar-refractivity contribution in [3.8, 4) is 34.3 Å². The van der Waals surface area contributed by atoms with Gasteiger partial charge in [0.05, 0.1) is 56.6 Å². The molecule has 0 fully saturated rings. The number of aromatic nitrogens is 3. The van der Waals surface area contributed by atoms with E-state index in [9.17, 15) is 5.26 Å². The molecular formula is C71H44N6S. The maximum Gasteiger partial charge on any atom is 0.212 e. The normalized spacial score (nSPS) is 12.8. The second-order valence-corrected chi connectivity index (χ2v) is 22.2. The van der Waals surface area contributed by atoms with Gasteiger partial charge >= 0.3 is 0 Å². The van der Waals surface area contributed by atoms with Crippen molar-refractivity contribution in [1.82, 2.24) is 13.7 Å². The number of thiophene rings is 1. The molecule has 6 nitrogen and oxygen atoms in total. The summed E-state index contributed by atoms with van der Waals surface area (Å²) in [7, 11) is 0. The van der Waals surface area contributed by atoms with E-state index in [0.717, 1.165) is 82.1 Å². The molecule has 0 amide bonds. The number of nitrogens with zero attached hydrogens (tertiary/aromatic N) is 6. The Morgan fingerprint density at radius 3 is 1.72 bits per heavy atom. The number of benzene rings is 11. The summed E-state index contributed by atoms with van der Waals surface area (Å²) in [6.45, 7) is 13.7. The number of fused-ring (bicyclic) bond motifs is 15. The molecule has 16 rings (SSSR count). The summed E-state index contributed by atoms with van der Waals surface area (Å²) < 4.78 is 9.22. The van der Waals surface area contributed by atoms with E-state index in [1.165, 1.54) is 48.5 Å². The third-order valence-electron chi connectivity index (χ3n) is 16.6. The smallest absolute Gasteiger partial charge is 0.212 e. The number of hydrogen-bond acceptors (Lipinski definition) is 3. The van der Waals surface area contributed by atoms with Gasteiger partial charge in [-0.05, 0) is 138 Å². The molecule has 364 valence electrons. The van der Waals surface area contributed by atoms with Crippen LogP contribution in [0, 0.1) is 17.9 Å². The van der Waals surface area contributed by atoms with Crippen LogP contribution in [0.15, 0.2) is 231 Å². The minimum Gasteiger partial charge on any atom is -0.319 e. The molecule has 0 saturated carbocycles. The van der Waals surface area contributed by atoms with Gasteiger partial charge in [-0.15, -0.1) is 11.3 Å². The molecule has 1 aliphatic rings. The predicted molar refractivity (Wildman–Crippen MR) is 326 cm³/mol. The summed E-state index contributed by atoms with van der Waals surface area (Å²) in [4.78, 5) is 6.68. The van der Waals surface area contributed by atoms with Crippen molar-refractivity contribution < 1.29 is 0 Å². The summed E-state index contributed by atoms with van der Waals surface area (Å²) in [5.41, 5.74) is 17.3.